The number of unbranched alkanes of at least 4 members (excludes halogenated alkanes) is 3. The maximum Gasteiger partial charge on any atom is 0.508 e. The number of ether oxygens (including phenoxy) is 2. The van der Waals surface area contributed by atoms with E-state index < -0.39 is 6.16 Å². The smallest absolute Gasteiger partial charge is 0.438 e. The third kappa shape index (κ3) is 8.92. The predicted octanol–water partition coefficient (Wildman–Crippen LogP) is 2.91. The molecule has 3 nitrogen and oxygen atoms in total. The van der Waals surface area contributed by atoms with Crippen molar-refractivity contribution in [2.75, 3.05) is 13.7 Å². The van der Waals surface area contributed by atoms with Crippen LogP contribution in [0.4, 0.5) is 4.79 Å². The van der Waals surface area contributed by atoms with Crippen LogP contribution in [0.1, 0.15) is 32.6 Å². The highest BCUT2D eigenvalue weighted by Crippen LogP contribution is 1.99. The van der Waals surface area contributed by atoms with Crippen LogP contribution in [-0.2, 0) is 9.47 Å². The SMILES string of the molecule is CCCCC/C=C\COC(=O)OC. The monoisotopic (exact) mass is 186 g/mol. The van der Waals surface area contributed by atoms with E-state index >= 15 is 0 Å². The Balaban J connectivity index is 3.17. The maximum atomic E-state index is 10.5. The summed E-state index contributed by atoms with van der Waals surface area (Å²) < 4.78 is 8.95. The molecule has 3 heteroatoms. The van der Waals surface area contributed by atoms with Gasteiger partial charge in [0.1, 0.15) is 6.61 Å². The quantitative estimate of drug-likeness (QED) is 0.363. The van der Waals surface area contributed by atoms with Gasteiger partial charge in [0, 0.05) is 0 Å². The van der Waals surface area contributed by atoms with Crippen molar-refractivity contribution in [1.29, 1.82) is 0 Å². The first-order chi connectivity index (χ1) is 6.31. The zero-order valence-corrected chi connectivity index (χ0v) is 8.41. The fraction of sp³-hybridized carbons (Fsp3) is 0.700. The lowest BCUT2D eigenvalue weighted by Gasteiger charge is -1.97. The van der Waals surface area contributed by atoms with Crippen LogP contribution in [0.3, 0.4) is 0 Å². The second kappa shape index (κ2) is 9.10. The van der Waals surface area contributed by atoms with Crippen molar-refractivity contribution < 1.29 is 14.3 Å². The highest BCUT2D eigenvalue weighted by Gasteiger charge is 1.95. The molecule has 0 rings (SSSR count). The molecule has 0 atom stereocenters. The van der Waals surface area contributed by atoms with Gasteiger partial charge < -0.3 is 9.47 Å². The first-order valence-electron chi connectivity index (χ1n) is 4.67. The molecule has 0 saturated heterocycles. The molecule has 0 aromatic heterocycles. The zero-order valence-electron chi connectivity index (χ0n) is 8.41. The molecule has 0 saturated carbocycles. The molecule has 0 aromatic rings. The van der Waals surface area contributed by atoms with Gasteiger partial charge in [0.15, 0.2) is 0 Å². The van der Waals surface area contributed by atoms with Gasteiger partial charge in [0.05, 0.1) is 7.11 Å². The van der Waals surface area contributed by atoms with Gasteiger partial charge in [-0.2, -0.15) is 0 Å². The number of rotatable bonds is 6. The Morgan fingerprint density at radius 1 is 1.31 bits per heavy atom. The molecule has 0 bridgehead atoms. The number of methoxy groups -OCH3 is 1. The average Bonchev–Trinajstić information content (AvgIpc) is 2.16. The lowest BCUT2D eigenvalue weighted by molar-refractivity contribution is 0.0817. The number of allylic oxidation sites excluding steroid dienone is 1. The van der Waals surface area contributed by atoms with E-state index in [-0.39, 0.29) is 0 Å². The van der Waals surface area contributed by atoms with Crippen molar-refractivity contribution in [2.45, 2.75) is 32.6 Å². The summed E-state index contributed by atoms with van der Waals surface area (Å²) in [5.41, 5.74) is 0. The predicted molar refractivity (Wildman–Crippen MR) is 51.6 cm³/mol. The molecule has 0 amide bonds. The third-order valence-corrected chi connectivity index (χ3v) is 1.61. The third-order valence-electron chi connectivity index (χ3n) is 1.61. The van der Waals surface area contributed by atoms with Gasteiger partial charge in [-0.1, -0.05) is 31.9 Å². The Hall–Kier alpha value is -0.990. The van der Waals surface area contributed by atoms with Crippen LogP contribution < -0.4 is 0 Å². The van der Waals surface area contributed by atoms with Gasteiger partial charge in [0.2, 0.25) is 0 Å². The van der Waals surface area contributed by atoms with Crippen LogP contribution in [0.15, 0.2) is 12.2 Å². The van der Waals surface area contributed by atoms with Crippen LogP contribution in [0.5, 0.6) is 0 Å². The van der Waals surface area contributed by atoms with Crippen LogP contribution in [-0.4, -0.2) is 19.9 Å². The molecule has 0 aromatic carbocycles. The molecule has 76 valence electrons. The molecule has 0 aliphatic heterocycles. The van der Waals surface area contributed by atoms with Crippen molar-refractivity contribution in [1.82, 2.24) is 0 Å². The highest BCUT2D eigenvalue weighted by atomic mass is 16.7. The minimum Gasteiger partial charge on any atom is -0.438 e. The van der Waals surface area contributed by atoms with Crippen LogP contribution in [0, 0.1) is 0 Å². The molecule has 0 heterocycles. The van der Waals surface area contributed by atoms with Gasteiger partial charge in [-0.3, -0.25) is 0 Å². The molecule has 0 radical (unpaired) electrons. The molecule has 0 N–H and O–H groups in total. The first-order valence-corrected chi connectivity index (χ1v) is 4.67. The molecule has 0 aliphatic rings. The Morgan fingerprint density at radius 2 is 2.08 bits per heavy atom. The van der Waals surface area contributed by atoms with Gasteiger partial charge in [-0.15, -0.1) is 0 Å². The summed E-state index contributed by atoms with van der Waals surface area (Å²) in [5, 5.41) is 0. The number of carbonyl (C=O) groups excluding carboxylic acids is 1. The summed E-state index contributed by atoms with van der Waals surface area (Å²) in [6, 6.07) is 0. The summed E-state index contributed by atoms with van der Waals surface area (Å²) in [5.74, 6) is 0. The minimum absolute atomic E-state index is 0.304. The molecule has 0 unspecified atom stereocenters. The van der Waals surface area contributed by atoms with Gasteiger partial charge in [0.25, 0.3) is 0 Å². The number of hydrogen-bond donors (Lipinski definition) is 0. The molecular weight excluding hydrogens is 168 g/mol. The first kappa shape index (κ1) is 12.0. The van der Waals surface area contributed by atoms with Crippen molar-refractivity contribution >= 4 is 6.16 Å². The molecule has 0 fully saturated rings. The fourth-order valence-electron chi connectivity index (χ4n) is 0.873. The molecule has 0 aliphatic carbocycles. The Labute approximate surface area is 79.7 Å². The number of carbonyl (C=O) groups is 1. The Morgan fingerprint density at radius 3 is 2.69 bits per heavy atom. The van der Waals surface area contributed by atoms with E-state index in [0.717, 1.165) is 6.42 Å². The van der Waals surface area contributed by atoms with Gasteiger partial charge >= 0.3 is 6.16 Å². The normalized spacial score (nSPS) is 10.3. The maximum absolute atomic E-state index is 10.5. The minimum atomic E-state index is -0.627. The highest BCUT2D eigenvalue weighted by molar-refractivity contribution is 5.59. The lowest BCUT2D eigenvalue weighted by Crippen LogP contribution is -2.03. The standard InChI is InChI=1S/C10H18O3/c1-3-4-5-6-7-8-9-13-10(11)12-2/h7-8H,3-6,9H2,1-2H3/b8-7-. The average molecular weight is 186 g/mol. The lowest BCUT2D eigenvalue weighted by atomic mass is 10.2. The van der Waals surface area contributed by atoms with E-state index in [1.165, 1.54) is 26.4 Å². The van der Waals surface area contributed by atoms with Crippen molar-refractivity contribution in [3.8, 4) is 0 Å². The van der Waals surface area contributed by atoms with E-state index in [1.807, 2.05) is 12.2 Å². The topological polar surface area (TPSA) is 35.5 Å². The van der Waals surface area contributed by atoms with E-state index in [1.54, 1.807) is 0 Å². The summed E-state index contributed by atoms with van der Waals surface area (Å²) in [6.07, 6.45) is 7.97. The van der Waals surface area contributed by atoms with Crippen LogP contribution in [0.25, 0.3) is 0 Å². The van der Waals surface area contributed by atoms with E-state index in [9.17, 15) is 4.79 Å². The fourth-order valence-corrected chi connectivity index (χ4v) is 0.873. The second-order valence-electron chi connectivity index (χ2n) is 2.73. The van der Waals surface area contributed by atoms with Crippen LogP contribution >= 0.6 is 0 Å². The molecular formula is C10H18O3. The van der Waals surface area contributed by atoms with Crippen molar-refractivity contribution in [2.24, 2.45) is 0 Å². The van der Waals surface area contributed by atoms with E-state index in [0.29, 0.717) is 6.61 Å². The second-order valence-corrected chi connectivity index (χ2v) is 2.73. The Bertz CT molecular complexity index is 152. The summed E-state index contributed by atoms with van der Waals surface area (Å²) >= 11 is 0. The molecule has 0 spiro atoms. The summed E-state index contributed by atoms with van der Waals surface area (Å²) in [7, 11) is 1.30. The van der Waals surface area contributed by atoms with Gasteiger partial charge in [-0.25, -0.2) is 4.79 Å². The zero-order chi connectivity index (χ0) is 9.94. The summed E-state index contributed by atoms with van der Waals surface area (Å²) in [4.78, 5) is 10.5. The van der Waals surface area contributed by atoms with Crippen molar-refractivity contribution in [3.63, 3.8) is 0 Å². The summed E-state index contributed by atoms with van der Waals surface area (Å²) in [6.45, 7) is 2.48. The Kier molecular flexibility index (Phi) is 8.41. The van der Waals surface area contributed by atoms with Crippen molar-refractivity contribution in [3.05, 3.63) is 12.2 Å². The molecule has 13 heavy (non-hydrogen) atoms. The van der Waals surface area contributed by atoms with E-state index in [4.69, 9.17) is 0 Å². The van der Waals surface area contributed by atoms with E-state index in [2.05, 4.69) is 16.4 Å². The van der Waals surface area contributed by atoms with Crippen LogP contribution in [0.2, 0.25) is 0 Å². The van der Waals surface area contributed by atoms with Gasteiger partial charge in [-0.05, 0) is 12.8 Å². The number of hydrogen-bond acceptors (Lipinski definition) is 3. The largest absolute Gasteiger partial charge is 0.508 e.